The molecule has 1 amide bonds. The van der Waals surface area contributed by atoms with Gasteiger partial charge in [0.05, 0.1) is 6.04 Å². The highest BCUT2D eigenvalue weighted by atomic mass is 16.6. The summed E-state index contributed by atoms with van der Waals surface area (Å²) in [5, 5.41) is 2.67. The van der Waals surface area contributed by atoms with Crippen LogP contribution in [0, 0.1) is 0 Å². The molecule has 0 radical (unpaired) electrons. The lowest BCUT2D eigenvalue weighted by Gasteiger charge is -2.23. The summed E-state index contributed by atoms with van der Waals surface area (Å²) < 4.78 is 10.5. The molecule has 102 valence electrons. The zero-order valence-corrected chi connectivity index (χ0v) is 11.4. The van der Waals surface area contributed by atoms with Crippen LogP contribution in [-0.2, 0) is 14.3 Å². The molecule has 5 nitrogen and oxygen atoms in total. The van der Waals surface area contributed by atoms with E-state index in [-0.39, 0.29) is 11.8 Å². The van der Waals surface area contributed by atoms with Gasteiger partial charge in [-0.25, -0.2) is 4.79 Å². The number of ether oxygens (including phenoxy) is 2. The van der Waals surface area contributed by atoms with Crippen molar-refractivity contribution in [3.8, 4) is 0 Å². The molecular weight excluding hydrogens is 234 g/mol. The van der Waals surface area contributed by atoms with Gasteiger partial charge in [-0.1, -0.05) is 6.58 Å². The first-order valence-electron chi connectivity index (χ1n) is 6.01. The molecule has 1 saturated heterocycles. The Balaban J connectivity index is 2.58. The second-order valence-electron chi connectivity index (χ2n) is 5.48. The molecular formula is C13H21NO4. The van der Waals surface area contributed by atoms with Crippen LogP contribution < -0.4 is 5.32 Å². The van der Waals surface area contributed by atoms with Gasteiger partial charge in [-0.05, 0) is 39.7 Å². The fraction of sp³-hybridized carbons (Fsp3) is 0.692. The standard InChI is InChI=1S/C13H21NO4/c1-8(2)10(15)11-9(6-7-17-11)14-12(16)18-13(3,4)5/h9,11H,1,6-7H2,2-5H3,(H,14,16)/t9-,11+/m1/s1. The third-order valence-electron chi connectivity index (χ3n) is 2.47. The largest absolute Gasteiger partial charge is 0.444 e. The maximum absolute atomic E-state index is 11.8. The summed E-state index contributed by atoms with van der Waals surface area (Å²) in [6, 6.07) is -0.343. The lowest BCUT2D eigenvalue weighted by Crippen LogP contribution is -2.46. The van der Waals surface area contributed by atoms with E-state index in [1.165, 1.54) is 0 Å². The molecule has 0 aromatic heterocycles. The SMILES string of the molecule is C=C(C)C(=O)[C@H]1OCC[C@H]1NC(=O)OC(C)(C)C. The first kappa shape index (κ1) is 14.7. The van der Waals surface area contributed by atoms with Gasteiger partial charge >= 0.3 is 6.09 Å². The van der Waals surface area contributed by atoms with E-state index in [9.17, 15) is 9.59 Å². The van der Waals surface area contributed by atoms with E-state index in [2.05, 4.69) is 11.9 Å². The molecule has 1 heterocycles. The maximum atomic E-state index is 11.8. The molecule has 0 aromatic rings. The molecule has 1 N–H and O–H groups in total. The van der Waals surface area contributed by atoms with Crippen molar-refractivity contribution in [1.29, 1.82) is 0 Å². The van der Waals surface area contributed by atoms with Gasteiger partial charge in [0, 0.05) is 6.61 Å². The van der Waals surface area contributed by atoms with E-state index < -0.39 is 17.8 Å². The maximum Gasteiger partial charge on any atom is 0.407 e. The van der Waals surface area contributed by atoms with Crippen molar-refractivity contribution in [2.24, 2.45) is 0 Å². The number of amides is 1. The Bertz CT molecular complexity index is 356. The highest BCUT2D eigenvalue weighted by molar-refractivity contribution is 5.98. The molecule has 1 fully saturated rings. The fourth-order valence-corrected chi connectivity index (χ4v) is 1.70. The number of rotatable bonds is 3. The molecule has 0 bridgehead atoms. The van der Waals surface area contributed by atoms with Gasteiger partial charge in [0.2, 0.25) is 0 Å². The number of hydrogen-bond donors (Lipinski definition) is 1. The summed E-state index contributed by atoms with van der Waals surface area (Å²) in [5.41, 5.74) is -0.130. The van der Waals surface area contributed by atoms with Crippen LogP contribution in [0.4, 0.5) is 4.79 Å². The van der Waals surface area contributed by atoms with Crippen LogP contribution in [0.2, 0.25) is 0 Å². The molecule has 0 unspecified atom stereocenters. The van der Waals surface area contributed by atoms with Crippen LogP contribution in [0.3, 0.4) is 0 Å². The Labute approximate surface area is 108 Å². The number of Topliss-reactive ketones (excluding diaryl/α,β-unsaturated/α-hetero) is 1. The first-order chi connectivity index (χ1) is 8.20. The van der Waals surface area contributed by atoms with Crippen LogP contribution in [0.5, 0.6) is 0 Å². The molecule has 1 aliphatic heterocycles. The van der Waals surface area contributed by atoms with Gasteiger partial charge < -0.3 is 14.8 Å². The molecule has 5 heteroatoms. The van der Waals surface area contributed by atoms with Crippen molar-refractivity contribution in [3.63, 3.8) is 0 Å². The highest BCUT2D eigenvalue weighted by Crippen LogP contribution is 2.18. The normalized spacial score (nSPS) is 23.6. The number of carbonyl (C=O) groups excluding carboxylic acids is 2. The number of ketones is 1. The van der Waals surface area contributed by atoms with E-state index in [1.807, 2.05) is 0 Å². The van der Waals surface area contributed by atoms with Gasteiger partial charge in [-0.2, -0.15) is 0 Å². The quantitative estimate of drug-likeness (QED) is 0.781. The second-order valence-corrected chi connectivity index (χ2v) is 5.48. The topological polar surface area (TPSA) is 64.6 Å². The minimum absolute atomic E-state index is 0.173. The number of alkyl carbamates (subject to hydrolysis) is 1. The predicted octanol–water partition coefficient (Wildman–Crippen LogP) is 1.81. The monoisotopic (exact) mass is 255 g/mol. The van der Waals surface area contributed by atoms with Crippen LogP contribution in [-0.4, -0.2) is 36.2 Å². The Morgan fingerprint density at radius 3 is 2.50 bits per heavy atom. The summed E-state index contributed by atoms with van der Waals surface area (Å²) in [7, 11) is 0. The molecule has 0 saturated carbocycles. The lowest BCUT2D eigenvalue weighted by atomic mass is 10.0. The number of nitrogens with one attached hydrogen (secondary N) is 1. The Morgan fingerprint density at radius 1 is 1.39 bits per heavy atom. The minimum Gasteiger partial charge on any atom is -0.444 e. The lowest BCUT2D eigenvalue weighted by molar-refractivity contribution is -0.124. The fourth-order valence-electron chi connectivity index (χ4n) is 1.70. The van der Waals surface area contributed by atoms with E-state index in [0.29, 0.717) is 18.6 Å². The van der Waals surface area contributed by atoms with Crippen LogP contribution in [0.15, 0.2) is 12.2 Å². The van der Waals surface area contributed by atoms with E-state index >= 15 is 0 Å². The van der Waals surface area contributed by atoms with Crippen LogP contribution >= 0.6 is 0 Å². The zero-order chi connectivity index (χ0) is 13.9. The van der Waals surface area contributed by atoms with Crippen LogP contribution in [0.25, 0.3) is 0 Å². The molecule has 1 aliphatic rings. The summed E-state index contributed by atoms with van der Waals surface area (Å²) in [5.74, 6) is -0.173. The van der Waals surface area contributed by atoms with Gasteiger partial charge in [0.25, 0.3) is 0 Å². The van der Waals surface area contributed by atoms with Gasteiger partial charge in [-0.3, -0.25) is 4.79 Å². The molecule has 2 atom stereocenters. The van der Waals surface area contributed by atoms with Crippen molar-refractivity contribution in [2.75, 3.05) is 6.61 Å². The van der Waals surface area contributed by atoms with E-state index in [1.54, 1.807) is 27.7 Å². The van der Waals surface area contributed by atoms with Gasteiger partial charge in [0.15, 0.2) is 5.78 Å². The van der Waals surface area contributed by atoms with Crippen molar-refractivity contribution in [1.82, 2.24) is 5.32 Å². The van der Waals surface area contributed by atoms with Crippen molar-refractivity contribution < 1.29 is 19.1 Å². The Kier molecular flexibility index (Phi) is 4.51. The molecule has 18 heavy (non-hydrogen) atoms. The third kappa shape index (κ3) is 4.14. The smallest absolute Gasteiger partial charge is 0.407 e. The predicted molar refractivity (Wildman–Crippen MR) is 67.3 cm³/mol. The van der Waals surface area contributed by atoms with Gasteiger partial charge in [-0.15, -0.1) is 0 Å². The zero-order valence-electron chi connectivity index (χ0n) is 11.4. The third-order valence-corrected chi connectivity index (χ3v) is 2.47. The summed E-state index contributed by atoms with van der Waals surface area (Å²) in [4.78, 5) is 23.4. The molecule has 0 aliphatic carbocycles. The van der Waals surface area contributed by atoms with Crippen molar-refractivity contribution in [2.45, 2.75) is 51.9 Å². The molecule has 0 spiro atoms. The Morgan fingerprint density at radius 2 is 2.00 bits per heavy atom. The Hall–Kier alpha value is -1.36. The van der Waals surface area contributed by atoms with E-state index in [4.69, 9.17) is 9.47 Å². The van der Waals surface area contributed by atoms with Crippen molar-refractivity contribution >= 4 is 11.9 Å². The average molecular weight is 255 g/mol. The minimum atomic E-state index is -0.644. The van der Waals surface area contributed by atoms with Crippen LogP contribution in [0.1, 0.15) is 34.1 Å². The summed E-state index contributed by atoms with van der Waals surface area (Å²) in [6.07, 6.45) is -0.573. The molecule has 1 rings (SSSR count). The highest BCUT2D eigenvalue weighted by Gasteiger charge is 2.36. The first-order valence-corrected chi connectivity index (χ1v) is 6.01. The summed E-state index contributed by atoms with van der Waals surface area (Å²) >= 11 is 0. The van der Waals surface area contributed by atoms with Gasteiger partial charge in [0.1, 0.15) is 11.7 Å². The van der Waals surface area contributed by atoms with Crippen molar-refractivity contribution in [3.05, 3.63) is 12.2 Å². The van der Waals surface area contributed by atoms with E-state index in [0.717, 1.165) is 0 Å². The molecule has 0 aromatic carbocycles. The summed E-state index contributed by atoms with van der Waals surface area (Å²) in [6.45, 7) is 11.0. The number of carbonyl (C=O) groups is 2. The number of hydrogen-bond acceptors (Lipinski definition) is 4. The second kappa shape index (κ2) is 5.52. The average Bonchev–Trinajstić information content (AvgIpc) is 2.61.